The van der Waals surface area contributed by atoms with Crippen LogP contribution < -0.4 is 4.72 Å². The first-order valence-corrected chi connectivity index (χ1v) is 11.2. The number of carbonyl (C=O) groups excluding carboxylic acids is 1. The first-order chi connectivity index (χ1) is 15.4. The minimum atomic E-state index is -3.88. The van der Waals surface area contributed by atoms with Crippen LogP contribution in [-0.2, 0) is 21.2 Å². The Kier molecular flexibility index (Phi) is 5.96. The van der Waals surface area contributed by atoms with Crippen molar-refractivity contribution in [2.24, 2.45) is 10.2 Å². The minimum absolute atomic E-state index is 0.0177. The van der Waals surface area contributed by atoms with Gasteiger partial charge in [-0.15, -0.1) is 10.2 Å². The predicted octanol–water partition coefficient (Wildman–Crippen LogP) is 5.20. The summed E-state index contributed by atoms with van der Waals surface area (Å²) in [6, 6.07) is 25.1. The number of phenolic OH excluding ortho intramolecular Hbond substituents is 1. The third-order valence-corrected chi connectivity index (χ3v) is 6.14. The molecule has 0 radical (unpaired) electrons. The summed E-state index contributed by atoms with van der Waals surface area (Å²) < 4.78 is 28.2. The summed E-state index contributed by atoms with van der Waals surface area (Å²) in [6.45, 7) is 0. The zero-order valence-electron chi connectivity index (χ0n) is 16.8. The average molecular weight is 446 g/mol. The molecule has 0 spiro atoms. The van der Waals surface area contributed by atoms with E-state index >= 15 is 0 Å². The fourth-order valence-corrected chi connectivity index (χ4v) is 4.32. The molecule has 4 rings (SSSR count). The van der Waals surface area contributed by atoms with Crippen molar-refractivity contribution in [2.75, 3.05) is 4.72 Å². The average Bonchev–Trinajstić information content (AvgIpc) is 2.81. The molecule has 1 amide bonds. The Morgan fingerprint density at radius 3 is 2.12 bits per heavy atom. The highest BCUT2D eigenvalue weighted by Gasteiger charge is 2.18. The lowest BCUT2D eigenvalue weighted by molar-refractivity contribution is -0.117. The number of phenols is 1. The molecule has 0 aliphatic carbocycles. The third kappa shape index (κ3) is 4.65. The van der Waals surface area contributed by atoms with Crippen molar-refractivity contribution in [2.45, 2.75) is 11.3 Å². The van der Waals surface area contributed by atoms with Gasteiger partial charge in [-0.1, -0.05) is 72.8 Å². The van der Waals surface area contributed by atoms with Crippen LogP contribution in [0.2, 0.25) is 0 Å². The molecule has 0 heterocycles. The number of anilines is 1. The third-order valence-electron chi connectivity index (χ3n) is 4.76. The van der Waals surface area contributed by atoms with Gasteiger partial charge in [-0.25, -0.2) is 8.42 Å². The number of benzene rings is 4. The van der Waals surface area contributed by atoms with Gasteiger partial charge in [0.2, 0.25) is 0 Å². The van der Waals surface area contributed by atoms with Crippen LogP contribution in [0.5, 0.6) is 5.75 Å². The maximum Gasteiger partial charge on any atom is 0.269 e. The highest BCUT2D eigenvalue weighted by molar-refractivity contribution is 7.92. The number of hydrogen-bond donors (Lipinski definition) is 2. The maximum absolute atomic E-state index is 12.8. The van der Waals surface area contributed by atoms with Crippen molar-refractivity contribution in [3.05, 3.63) is 96.6 Å². The van der Waals surface area contributed by atoms with Gasteiger partial charge in [0.05, 0.1) is 17.0 Å². The summed E-state index contributed by atoms with van der Waals surface area (Å²) in [6.07, 6.45) is 0.0617. The number of fused-ring (bicyclic) bond motifs is 1. The number of carbonyl (C=O) groups is 1. The van der Waals surface area contributed by atoms with Gasteiger partial charge in [-0.3, -0.25) is 9.52 Å². The second kappa shape index (κ2) is 8.99. The smallest absolute Gasteiger partial charge is 0.269 e. The lowest BCUT2D eigenvalue weighted by atomic mass is 10.1. The van der Waals surface area contributed by atoms with E-state index in [1.165, 1.54) is 18.2 Å². The van der Waals surface area contributed by atoms with Crippen molar-refractivity contribution < 1.29 is 18.3 Å². The molecule has 7 nitrogen and oxygen atoms in total. The number of sulfonamides is 1. The summed E-state index contributed by atoms with van der Waals surface area (Å²) in [7, 11) is -3.88. The van der Waals surface area contributed by atoms with Crippen molar-refractivity contribution in [3.8, 4) is 5.75 Å². The van der Waals surface area contributed by atoms with Crippen LogP contribution in [-0.4, -0.2) is 19.4 Å². The number of rotatable bonds is 6. The Bertz CT molecular complexity index is 1400. The fraction of sp³-hybridized carbons (Fsp3) is 0.0417. The quantitative estimate of drug-likeness (QED) is 0.314. The van der Waals surface area contributed by atoms with Gasteiger partial charge in [0.25, 0.3) is 15.9 Å². The molecule has 8 heteroatoms. The van der Waals surface area contributed by atoms with Crippen LogP contribution in [0.1, 0.15) is 5.56 Å². The van der Waals surface area contributed by atoms with Gasteiger partial charge >= 0.3 is 0 Å². The molecule has 0 aromatic heterocycles. The van der Waals surface area contributed by atoms with Crippen LogP contribution in [0.25, 0.3) is 10.8 Å². The summed E-state index contributed by atoms with van der Waals surface area (Å²) in [5, 5.41) is 19.1. The minimum Gasteiger partial charge on any atom is -0.505 e. The Hall–Kier alpha value is -4.04. The van der Waals surface area contributed by atoms with E-state index in [1.54, 1.807) is 54.6 Å². The van der Waals surface area contributed by atoms with Crippen LogP contribution in [0.3, 0.4) is 0 Å². The topological polar surface area (TPSA) is 108 Å². The van der Waals surface area contributed by atoms with Crippen molar-refractivity contribution in [1.82, 2.24) is 0 Å². The van der Waals surface area contributed by atoms with E-state index in [9.17, 15) is 18.3 Å². The fourth-order valence-electron chi connectivity index (χ4n) is 3.22. The molecule has 160 valence electrons. The van der Waals surface area contributed by atoms with Gasteiger partial charge in [0.1, 0.15) is 5.69 Å². The highest BCUT2D eigenvalue weighted by Crippen LogP contribution is 2.40. The standard InChI is InChI=1S/C24H19N3O4S/c28-23(15-17-9-3-1-4-10-17)26-25-22-16-21(19-13-7-8-14-20(19)24(22)29)27-32(30,31)18-11-5-2-6-12-18/h1-14,16,27,29H,15H2. The van der Waals surface area contributed by atoms with Crippen LogP contribution in [0.4, 0.5) is 11.4 Å². The summed E-state index contributed by atoms with van der Waals surface area (Å²) >= 11 is 0. The summed E-state index contributed by atoms with van der Waals surface area (Å²) in [5.41, 5.74) is 0.984. The van der Waals surface area contributed by atoms with Crippen LogP contribution in [0, 0.1) is 0 Å². The summed E-state index contributed by atoms with van der Waals surface area (Å²) in [5.74, 6) is -0.685. The molecule has 0 atom stereocenters. The number of nitrogens with zero attached hydrogens (tertiary/aromatic N) is 2. The van der Waals surface area contributed by atoms with E-state index in [4.69, 9.17) is 0 Å². The number of hydrogen-bond acceptors (Lipinski definition) is 5. The largest absolute Gasteiger partial charge is 0.505 e. The van der Waals surface area contributed by atoms with Gasteiger partial charge in [0, 0.05) is 10.8 Å². The van der Waals surface area contributed by atoms with Crippen molar-refractivity contribution in [1.29, 1.82) is 0 Å². The first-order valence-electron chi connectivity index (χ1n) is 9.75. The molecule has 2 N–H and O–H groups in total. The Labute approximate surface area is 185 Å². The number of aromatic hydroxyl groups is 1. The van der Waals surface area contributed by atoms with Crippen LogP contribution in [0.15, 0.2) is 106 Å². The molecular weight excluding hydrogens is 426 g/mol. The zero-order chi connectivity index (χ0) is 22.6. The first kappa shape index (κ1) is 21.2. The highest BCUT2D eigenvalue weighted by atomic mass is 32.2. The number of nitrogens with one attached hydrogen (secondary N) is 1. The molecule has 32 heavy (non-hydrogen) atoms. The predicted molar refractivity (Wildman–Crippen MR) is 123 cm³/mol. The van der Waals surface area contributed by atoms with E-state index in [-0.39, 0.29) is 28.4 Å². The molecule has 0 saturated carbocycles. The molecule has 0 aliphatic rings. The maximum atomic E-state index is 12.8. The van der Waals surface area contributed by atoms with E-state index in [2.05, 4.69) is 15.0 Å². The Morgan fingerprint density at radius 2 is 1.44 bits per heavy atom. The number of azo groups is 1. The van der Waals surface area contributed by atoms with E-state index < -0.39 is 15.9 Å². The monoisotopic (exact) mass is 445 g/mol. The molecule has 4 aromatic carbocycles. The van der Waals surface area contributed by atoms with Crippen molar-refractivity contribution in [3.63, 3.8) is 0 Å². The van der Waals surface area contributed by atoms with E-state index in [0.717, 1.165) is 5.56 Å². The number of amides is 1. The molecule has 0 bridgehead atoms. The summed E-state index contributed by atoms with van der Waals surface area (Å²) in [4.78, 5) is 12.3. The molecular formula is C24H19N3O4S. The Balaban J connectivity index is 1.70. The van der Waals surface area contributed by atoms with Gasteiger partial charge < -0.3 is 5.11 Å². The molecule has 0 aliphatic heterocycles. The van der Waals surface area contributed by atoms with E-state index in [0.29, 0.717) is 10.8 Å². The molecule has 0 fully saturated rings. The SMILES string of the molecule is O=C(Cc1ccccc1)N=Nc1cc(NS(=O)(=O)c2ccccc2)c2ccccc2c1O. The second-order valence-corrected chi connectivity index (χ2v) is 8.69. The van der Waals surface area contributed by atoms with E-state index in [1.807, 2.05) is 18.2 Å². The molecule has 0 unspecified atom stereocenters. The van der Waals surface area contributed by atoms with Gasteiger partial charge in [-0.2, -0.15) is 0 Å². The van der Waals surface area contributed by atoms with Gasteiger partial charge in [-0.05, 0) is 23.8 Å². The zero-order valence-corrected chi connectivity index (χ0v) is 17.7. The normalized spacial score (nSPS) is 11.6. The molecule has 0 saturated heterocycles. The van der Waals surface area contributed by atoms with Crippen LogP contribution >= 0.6 is 0 Å². The van der Waals surface area contributed by atoms with Crippen molar-refractivity contribution >= 4 is 38.1 Å². The molecule has 4 aromatic rings. The van der Waals surface area contributed by atoms with Gasteiger partial charge in [0.15, 0.2) is 5.75 Å². The lowest BCUT2D eigenvalue weighted by Crippen LogP contribution is -2.13. The Morgan fingerprint density at radius 1 is 0.844 bits per heavy atom. The second-order valence-electron chi connectivity index (χ2n) is 7.01. The lowest BCUT2D eigenvalue weighted by Gasteiger charge is -2.13.